The molecule has 7 heteroatoms. The van der Waals surface area contributed by atoms with Crippen LogP contribution in [0.3, 0.4) is 0 Å². The van der Waals surface area contributed by atoms with E-state index in [1.807, 2.05) is 18.7 Å². The fourth-order valence-electron chi connectivity index (χ4n) is 2.33. The van der Waals surface area contributed by atoms with Gasteiger partial charge in [0.1, 0.15) is 5.15 Å². The molecule has 0 spiro atoms. The molecule has 2 heterocycles. The van der Waals surface area contributed by atoms with Gasteiger partial charge in [-0.25, -0.2) is 0 Å². The summed E-state index contributed by atoms with van der Waals surface area (Å²) < 4.78 is 1.58. The lowest BCUT2D eigenvalue weighted by Gasteiger charge is -2.20. The zero-order valence-electron chi connectivity index (χ0n) is 12.1. The van der Waals surface area contributed by atoms with Crippen LogP contribution < -0.4 is 5.32 Å². The lowest BCUT2D eigenvalue weighted by Crippen LogP contribution is -2.34. The van der Waals surface area contributed by atoms with Crippen molar-refractivity contribution in [3.05, 3.63) is 16.4 Å². The second-order valence-corrected chi connectivity index (χ2v) is 5.58. The highest BCUT2D eigenvalue weighted by molar-refractivity contribution is 6.33. The molecule has 114 valence electrons. The van der Waals surface area contributed by atoms with Crippen LogP contribution in [0.4, 0.5) is 0 Å². The minimum absolute atomic E-state index is 0. The van der Waals surface area contributed by atoms with Gasteiger partial charge in [-0.05, 0) is 18.9 Å². The molecular formula is C13H22Cl2N4O. The van der Waals surface area contributed by atoms with Crippen LogP contribution in [0.1, 0.15) is 42.2 Å². The molecule has 1 aromatic heterocycles. The van der Waals surface area contributed by atoms with E-state index in [0.717, 1.165) is 38.3 Å². The van der Waals surface area contributed by atoms with E-state index in [4.69, 9.17) is 11.6 Å². The summed E-state index contributed by atoms with van der Waals surface area (Å²) in [4.78, 5) is 14.5. The van der Waals surface area contributed by atoms with E-state index in [-0.39, 0.29) is 24.2 Å². The first-order valence-electron chi connectivity index (χ1n) is 6.74. The van der Waals surface area contributed by atoms with Gasteiger partial charge in [-0.3, -0.25) is 9.48 Å². The maximum atomic E-state index is 12.7. The average Bonchev–Trinajstić information content (AvgIpc) is 2.60. The zero-order valence-corrected chi connectivity index (χ0v) is 13.7. The van der Waals surface area contributed by atoms with Crippen LogP contribution in [0.2, 0.25) is 5.15 Å². The minimum Gasteiger partial charge on any atom is -0.337 e. The number of aromatic nitrogens is 2. The quantitative estimate of drug-likeness (QED) is 0.907. The summed E-state index contributed by atoms with van der Waals surface area (Å²) in [5.74, 6) is 0.188. The van der Waals surface area contributed by atoms with Crippen LogP contribution >= 0.6 is 24.0 Å². The summed E-state index contributed by atoms with van der Waals surface area (Å²) in [5.41, 5.74) is 1.36. The monoisotopic (exact) mass is 320 g/mol. The fraction of sp³-hybridized carbons (Fsp3) is 0.692. The summed E-state index contributed by atoms with van der Waals surface area (Å²) in [6, 6.07) is 0. The number of carbonyl (C=O) groups excluding carboxylic acids is 1. The van der Waals surface area contributed by atoms with E-state index in [1.165, 1.54) is 0 Å². The molecule has 1 aliphatic heterocycles. The predicted octanol–water partition coefficient (Wildman–Crippen LogP) is 2.05. The van der Waals surface area contributed by atoms with E-state index >= 15 is 0 Å². The van der Waals surface area contributed by atoms with Crippen molar-refractivity contribution in [1.29, 1.82) is 0 Å². The number of nitrogens with zero attached hydrogens (tertiary/aromatic N) is 3. The van der Waals surface area contributed by atoms with Crippen molar-refractivity contribution in [2.75, 3.05) is 26.2 Å². The van der Waals surface area contributed by atoms with Gasteiger partial charge in [-0.15, -0.1) is 12.4 Å². The van der Waals surface area contributed by atoms with Crippen LogP contribution in [0.25, 0.3) is 0 Å². The lowest BCUT2D eigenvalue weighted by atomic mass is 10.1. The first-order valence-corrected chi connectivity index (χ1v) is 7.12. The molecule has 20 heavy (non-hydrogen) atoms. The summed E-state index contributed by atoms with van der Waals surface area (Å²) in [6.45, 7) is 7.34. The smallest absolute Gasteiger partial charge is 0.258 e. The van der Waals surface area contributed by atoms with Crippen molar-refractivity contribution in [3.63, 3.8) is 0 Å². The van der Waals surface area contributed by atoms with Crippen molar-refractivity contribution < 1.29 is 4.79 Å². The SMILES string of the molecule is CC(C)c1nn(C)c(Cl)c1C(=O)N1CCCNCC1.Cl. The molecule has 1 N–H and O–H groups in total. The molecule has 2 rings (SSSR count). The van der Waals surface area contributed by atoms with Crippen LogP contribution in [-0.2, 0) is 7.05 Å². The second kappa shape index (κ2) is 7.29. The highest BCUT2D eigenvalue weighted by atomic mass is 35.5. The largest absolute Gasteiger partial charge is 0.337 e. The Balaban J connectivity index is 0.00000200. The summed E-state index contributed by atoms with van der Waals surface area (Å²) in [5, 5.41) is 8.10. The predicted molar refractivity (Wildman–Crippen MR) is 82.9 cm³/mol. The van der Waals surface area contributed by atoms with Gasteiger partial charge in [0.05, 0.1) is 11.3 Å². The third kappa shape index (κ3) is 3.45. The van der Waals surface area contributed by atoms with Crippen molar-refractivity contribution in [1.82, 2.24) is 20.0 Å². The van der Waals surface area contributed by atoms with E-state index in [2.05, 4.69) is 10.4 Å². The summed E-state index contributed by atoms with van der Waals surface area (Å²) in [6.07, 6.45) is 0.973. The van der Waals surface area contributed by atoms with E-state index in [9.17, 15) is 4.79 Å². The highest BCUT2D eigenvalue weighted by Gasteiger charge is 2.27. The van der Waals surface area contributed by atoms with Crippen molar-refractivity contribution in [2.45, 2.75) is 26.2 Å². The normalized spacial score (nSPS) is 15.9. The van der Waals surface area contributed by atoms with Crippen LogP contribution in [0.15, 0.2) is 0 Å². The van der Waals surface area contributed by atoms with Gasteiger partial charge in [0.2, 0.25) is 0 Å². The van der Waals surface area contributed by atoms with Crippen LogP contribution in [0.5, 0.6) is 0 Å². The summed E-state index contributed by atoms with van der Waals surface area (Å²) in [7, 11) is 1.77. The maximum absolute atomic E-state index is 12.7. The van der Waals surface area contributed by atoms with Gasteiger partial charge in [-0.2, -0.15) is 5.10 Å². The summed E-state index contributed by atoms with van der Waals surface area (Å²) >= 11 is 6.25. The molecule has 1 amide bonds. The van der Waals surface area contributed by atoms with E-state index in [1.54, 1.807) is 11.7 Å². The van der Waals surface area contributed by atoms with Gasteiger partial charge in [0.15, 0.2) is 0 Å². The van der Waals surface area contributed by atoms with Crippen LogP contribution in [0, 0.1) is 0 Å². The first kappa shape index (κ1) is 17.3. The standard InChI is InChI=1S/C13H21ClN4O.ClH/c1-9(2)11-10(12(14)17(3)16-11)13(19)18-7-4-5-15-6-8-18;/h9,15H,4-8H2,1-3H3;1H. The molecule has 0 aliphatic carbocycles. The average molecular weight is 321 g/mol. The molecule has 1 aliphatic rings. The fourth-order valence-corrected chi connectivity index (χ4v) is 2.55. The Kier molecular flexibility index (Phi) is 6.30. The van der Waals surface area contributed by atoms with Crippen molar-refractivity contribution >= 4 is 29.9 Å². The molecule has 0 radical (unpaired) electrons. The number of hydrogen-bond acceptors (Lipinski definition) is 3. The number of hydrogen-bond donors (Lipinski definition) is 1. The number of carbonyl (C=O) groups is 1. The molecule has 0 unspecified atom stereocenters. The number of rotatable bonds is 2. The molecule has 0 atom stereocenters. The molecule has 1 aromatic rings. The Labute approximate surface area is 131 Å². The molecule has 0 saturated carbocycles. The van der Waals surface area contributed by atoms with Crippen molar-refractivity contribution in [3.8, 4) is 0 Å². The second-order valence-electron chi connectivity index (χ2n) is 5.23. The molecule has 0 bridgehead atoms. The lowest BCUT2D eigenvalue weighted by molar-refractivity contribution is 0.0765. The highest BCUT2D eigenvalue weighted by Crippen LogP contribution is 2.26. The van der Waals surface area contributed by atoms with Gasteiger partial charge < -0.3 is 10.2 Å². The number of amides is 1. The molecule has 0 aromatic carbocycles. The minimum atomic E-state index is 0. The Morgan fingerprint density at radius 1 is 1.35 bits per heavy atom. The van der Waals surface area contributed by atoms with Crippen LogP contribution in [-0.4, -0.2) is 46.8 Å². The Morgan fingerprint density at radius 2 is 2.05 bits per heavy atom. The topological polar surface area (TPSA) is 50.2 Å². The third-order valence-corrected chi connectivity index (χ3v) is 3.83. The van der Waals surface area contributed by atoms with Gasteiger partial charge in [0.25, 0.3) is 5.91 Å². The van der Waals surface area contributed by atoms with Gasteiger partial charge >= 0.3 is 0 Å². The van der Waals surface area contributed by atoms with E-state index in [0.29, 0.717) is 10.7 Å². The molecule has 5 nitrogen and oxygen atoms in total. The Hall–Kier alpha value is -0.780. The maximum Gasteiger partial charge on any atom is 0.258 e. The zero-order chi connectivity index (χ0) is 14.0. The third-order valence-electron chi connectivity index (χ3n) is 3.39. The number of halogens is 2. The Morgan fingerprint density at radius 3 is 2.70 bits per heavy atom. The van der Waals surface area contributed by atoms with Gasteiger partial charge in [-0.1, -0.05) is 25.4 Å². The Bertz CT molecular complexity index is 465. The van der Waals surface area contributed by atoms with Gasteiger partial charge in [0, 0.05) is 26.7 Å². The van der Waals surface area contributed by atoms with Crippen molar-refractivity contribution in [2.24, 2.45) is 7.05 Å². The molecule has 1 fully saturated rings. The number of aryl methyl sites for hydroxylation is 1. The molecule has 1 saturated heterocycles. The molecular weight excluding hydrogens is 299 g/mol. The van der Waals surface area contributed by atoms with E-state index < -0.39 is 0 Å². The first-order chi connectivity index (χ1) is 9.02. The number of nitrogens with one attached hydrogen (secondary N) is 1.